The first-order valence-electron chi connectivity index (χ1n) is 7.51. The molecule has 128 valence electrons. The largest absolute Gasteiger partial charge is 0.503 e. The van der Waals surface area contributed by atoms with Crippen molar-refractivity contribution in [1.29, 1.82) is 0 Å². The molecule has 1 aliphatic heterocycles. The number of anilines is 1. The summed E-state index contributed by atoms with van der Waals surface area (Å²) in [7, 11) is 0. The number of hydrogen-bond donors (Lipinski definition) is 1. The van der Waals surface area contributed by atoms with E-state index in [1.54, 1.807) is 0 Å². The molecule has 0 spiro atoms. The summed E-state index contributed by atoms with van der Waals surface area (Å²) in [4.78, 5) is 26.2. The molecule has 1 amide bonds. The van der Waals surface area contributed by atoms with Crippen LogP contribution in [0.3, 0.4) is 0 Å². The Morgan fingerprint density at radius 2 is 2.04 bits per heavy atom. The lowest BCUT2D eigenvalue weighted by Gasteiger charge is -2.24. The highest BCUT2D eigenvalue weighted by Gasteiger charge is 2.48. The molecule has 25 heavy (non-hydrogen) atoms. The predicted octanol–water partition coefficient (Wildman–Crippen LogP) is 2.70. The van der Waals surface area contributed by atoms with Gasteiger partial charge in [-0.15, -0.1) is 10.2 Å². The van der Waals surface area contributed by atoms with Gasteiger partial charge in [0.05, 0.1) is 11.6 Å². The summed E-state index contributed by atoms with van der Waals surface area (Å²) >= 11 is 1.04. The van der Waals surface area contributed by atoms with Crippen LogP contribution in [0.1, 0.15) is 24.4 Å². The summed E-state index contributed by atoms with van der Waals surface area (Å²) in [5, 5.41) is 17.9. The average Bonchev–Trinajstić information content (AvgIpc) is 3.25. The van der Waals surface area contributed by atoms with Crippen molar-refractivity contribution in [3.8, 4) is 0 Å². The Bertz CT molecular complexity index is 909. The highest BCUT2D eigenvalue weighted by Crippen LogP contribution is 2.45. The summed E-state index contributed by atoms with van der Waals surface area (Å²) in [6.07, 6.45) is 1.35. The number of rotatable bonds is 4. The summed E-state index contributed by atoms with van der Waals surface area (Å²) in [5.41, 5.74) is 1.46. The Morgan fingerprint density at radius 3 is 2.64 bits per heavy atom. The van der Waals surface area contributed by atoms with E-state index in [9.17, 15) is 23.5 Å². The third-order valence-corrected chi connectivity index (χ3v) is 4.92. The van der Waals surface area contributed by atoms with Gasteiger partial charge in [-0.25, -0.2) is 8.78 Å². The standard InChI is InChI=1S/C16H11F2N3O3S/c17-9-4-3-8(5-10(9)18)12-11(13(22)7-1-2-7)14(23)15(24)21(12)16-20-19-6-25-16/h3-7,12,23H,1-2H2. The number of carbonyl (C=O) groups excluding carboxylic acids is 2. The van der Waals surface area contributed by atoms with Crippen LogP contribution in [0.15, 0.2) is 35.0 Å². The number of hydrogen-bond acceptors (Lipinski definition) is 6. The van der Waals surface area contributed by atoms with Gasteiger partial charge in [0, 0.05) is 5.92 Å². The first-order chi connectivity index (χ1) is 12.0. The van der Waals surface area contributed by atoms with Crippen molar-refractivity contribution >= 4 is 28.2 Å². The molecule has 1 saturated carbocycles. The second kappa shape index (κ2) is 5.69. The molecule has 1 unspecified atom stereocenters. The van der Waals surface area contributed by atoms with Crippen LogP contribution < -0.4 is 4.90 Å². The van der Waals surface area contributed by atoms with Crippen molar-refractivity contribution in [2.45, 2.75) is 18.9 Å². The van der Waals surface area contributed by atoms with E-state index in [0.717, 1.165) is 28.4 Å². The lowest BCUT2D eigenvalue weighted by Crippen LogP contribution is -2.31. The lowest BCUT2D eigenvalue weighted by atomic mass is 9.94. The van der Waals surface area contributed by atoms with Crippen molar-refractivity contribution in [3.05, 3.63) is 52.2 Å². The molecule has 4 rings (SSSR count). The van der Waals surface area contributed by atoms with Gasteiger partial charge in [0.2, 0.25) is 5.13 Å². The highest BCUT2D eigenvalue weighted by atomic mass is 32.1. The van der Waals surface area contributed by atoms with Crippen LogP contribution >= 0.6 is 11.3 Å². The maximum atomic E-state index is 13.7. The molecular formula is C16H11F2N3O3S. The molecule has 1 fully saturated rings. The van der Waals surface area contributed by atoms with E-state index in [2.05, 4.69) is 10.2 Å². The first-order valence-corrected chi connectivity index (χ1v) is 8.39. The quantitative estimate of drug-likeness (QED) is 0.903. The van der Waals surface area contributed by atoms with Gasteiger partial charge in [0.15, 0.2) is 23.2 Å². The number of aliphatic hydroxyl groups is 1. The number of aliphatic hydroxyl groups excluding tert-OH is 1. The van der Waals surface area contributed by atoms with Crippen LogP contribution in [-0.4, -0.2) is 27.0 Å². The smallest absolute Gasteiger partial charge is 0.296 e. The molecule has 1 atom stereocenters. The van der Waals surface area contributed by atoms with Gasteiger partial charge in [0.1, 0.15) is 5.51 Å². The zero-order chi connectivity index (χ0) is 17.7. The van der Waals surface area contributed by atoms with Crippen LogP contribution in [-0.2, 0) is 9.59 Å². The zero-order valence-corrected chi connectivity index (χ0v) is 13.5. The molecule has 0 bridgehead atoms. The zero-order valence-electron chi connectivity index (χ0n) is 12.6. The third kappa shape index (κ3) is 2.51. The number of benzene rings is 1. The fourth-order valence-electron chi connectivity index (χ4n) is 2.89. The fourth-order valence-corrected chi connectivity index (χ4v) is 3.47. The average molecular weight is 363 g/mol. The normalized spacial score (nSPS) is 20.5. The summed E-state index contributed by atoms with van der Waals surface area (Å²) in [6.45, 7) is 0. The predicted molar refractivity (Wildman–Crippen MR) is 83.9 cm³/mol. The molecular weight excluding hydrogens is 352 g/mol. The van der Waals surface area contributed by atoms with Crippen molar-refractivity contribution in [3.63, 3.8) is 0 Å². The number of carbonyl (C=O) groups is 2. The van der Waals surface area contributed by atoms with E-state index in [1.807, 2.05) is 0 Å². The molecule has 9 heteroatoms. The number of nitrogens with zero attached hydrogens (tertiary/aromatic N) is 3. The molecule has 0 radical (unpaired) electrons. The molecule has 6 nitrogen and oxygen atoms in total. The molecule has 0 saturated heterocycles. The number of ketones is 1. The van der Waals surface area contributed by atoms with Gasteiger partial charge >= 0.3 is 0 Å². The molecule has 1 aromatic heterocycles. The van der Waals surface area contributed by atoms with Gasteiger partial charge < -0.3 is 5.11 Å². The Labute approximate surface area is 144 Å². The molecule has 1 N–H and O–H groups in total. The summed E-state index contributed by atoms with van der Waals surface area (Å²) in [5.74, 6) is -4.25. The van der Waals surface area contributed by atoms with Crippen molar-refractivity contribution in [2.75, 3.05) is 4.90 Å². The van der Waals surface area contributed by atoms with E-state index < -0.39 is 29.3 Å². The maximum absolute atomic E-state index is 13.7. The molecule has 2 aliphatic rings. The van der Waals surface area contributed by atoms with Crippen molar-refractivity contribution < 1.29 is 23.5 Å². The minimum absolute atomic E-state index is 0.103. The van der Waals surface area contributed by atoms with E-state index in [4.69, 9.17) is 0 Å². The Balaban J connectivity index is 1.87. The van der Waals surface area contributed by atoms with E-state index in [1.165, 1.54) is 11.6 Å². The molecule has 2 aromatic rings. The van der Waals surface area contributed by atoms with E-state index in [-0.39, 0.29) is 28.0 Å². The number of Topliss-reactive ketones (excluding diaryl/α,β-unsaturated/α-hetero) is 1. The van der Waals surface area contributed by atoms with Crippen LogP contribution in [0, 0.1) is 17.6 Å². The fraction of sp³-hybridized carbons (Fsp3) is 0.250. The Hall–Kier alpha value is -2.68. The monoisotopic (exact) mass is 363 g/mol. The lowest BCUT2D eigenvalue weighted by molar-refractivity contribution is -0.118. The molecule has 1 aromatic carbocycles. The van der Waals surface area contributed by atoms with Gasteiger partial charge in [0.25, 0.3) is 5.91 Å². The Morgan fingerprint density at radius 1 is 1.28 bits per heavy atom. The van der Waals surface area contributed by atoms with Crippen molar-refractivity contribution in [1.82, 2.24) is 10.2 Å². The van der Waals surface area contributed by atoms with Gasteiger partial charge in [-0.1, -0.05) is 17.4 Å². The van der Waals surface area contributed by atoms with Crippen LogP contribution in [0.25, 0.3) is 0 Å². The second-order valence-corrected chi connectivity index (χ2v) is 6.69. The number of amides is 1. The first kappa shape index (κ1) is 15.8. The third-order valence-electron chi connectivity index (χ3n) is 4.24. The second-order valence-electron chi connectivity index (χ2n) is 5.87. The Kier molecular flexibility index (Phi) is 3.60. The van der Waals surface area contributed by atoms with Gasteiger partial charge in [-0.2, -0.15) is 0 Å². The summed E-state index contributed by atoms with van der Waals surface area (Å²) < 4.78 is 27.0. The molecule has 1 aliphatic carbocycles. The minimum atomic E-state index is -1.10. The highest BCUT2D eigenvalue weighted by molar-refractivity contribution is 7.13. The van der Waals surface area contributed by atoms with Gasteiger partial charge in [-0.05, 0) is 30.5 Å². The molecule has 2 heterocycles. The number of halogens is 2. The minimum Gasteiger partial charge on any atom is -0.503 e. The topological polar surface area (TPSA) is 83.4 Å². The van der Waals surface area contributed by atoms with E-state index in [0.29, 0.717) is 12.8 Å². The summed E-state index contributed by atoms with van der Waals surface area (Å²) in [6, 6.07) is 2.05. The van der Waals surface area contributed by atoms with Crippen LogP contribution in [0.2, 0.25) is 0 Å². The van der Waals surface area contributed by atoms with Crippen LogP contribution in [0.4, 0.5) is 13.9 Å². The SMILES string of the molecule is O=C(C1=C(O)C(=O)N(c2nncs2)C1c1ccc(F)c(F)c1)C1CC1. The van der Waals surface area contributed by atoms with E-state index >= 15 is 0 Å². The van der Waals surface area contributed by atoms with Gasteiger partial charge in [-0.3, -0.25) is 14.5 Å². The number of aromatic nitrogens is 2. The van der Waals surface area contributed by atoms with Crippen LogP contribution in [0.5, 0.6) is 0 Å². The maximum Gasteiger partial charge on any atom is 0.296 e. The van der Waals surface area contributed by atoms with Crippen molar-refractivity contribution in [2.24, 2.45) is 5.92 Å².